The number of rotatable bonds is 22. The van der Waals surface area contributed by atoms with E-state index in [0.29, 0.717) is 12.8 Å². The molecule has 0 bridgehead atoms. The molecule has 0 aliphatic carbocycles. The van der Waals surface area contributed by atoms with Crippen molar-refractivity contribution in [2.75, 3.05) is 6.61 Å². The summed E-state index contributed by atoms with van der Waals surface area (Å²) >= 11 is 0. The molecule has 0 spiro atoms. The lowest BCUT2D eigenvalue weighted by Crippen LogP contribution is -2.70. The van der Waals surface area contributed by atoms with E-state index >= 15 is 0 Å². The summed E-state index contributed by atoms with van der Waals surface area (Å²) in [5.41, 5.74) is -0.0173. The van der Waals surface area contributed by atoms with Crippen molar-refractivity contribution in [1.29, 1.82) is 0 Å². The van der Waals surface area contributed by atoms with Crippen LogP contribution in [0.15, 0.2) is 36.7 Å². The SMILES string of the molecule is CCCCCCCCc1cc(-c2ncccn2)ccc1OCC(F)(F)C(F)(F)C(F)(F)C(F)(F)C(F)(F)OC(F)(F)C(F)(F)OC(F)(F)C(F)(F)C(F)(F)C(F)(F)F. The number of hydrogen-bond acceptors (Lipinski definition) is 5. The standard InChI is InChI=1S/C30H25F23N2O3/c1-2-3-4-5-6-7-9-16-14-17(19-54-12-8-13-55-19)10-11-18(16)56-15-20(31,32)21(33,34)22(35,36)24(39,40)27(46,47)57-29(50,51)30(52,53)58-28(48,49)25(41,42)23(37,38)26(43,44)45/h8,10-14H,2-7,9,15H2,1H3. The van der Waals surface area contributed by atoms with Crippen LogP contribution >= 0.6 is 0 Å². The third-order valence-corrected chi connectivity index (χ3v) is 7.67. The van der Waals surface area contributed by atoms with Crippen LogP contribution in [0.2, 0.25) is 0 Å². The molecule has 0 N–H and O–H groups in total. The van der Waals surface area contributed by atoms with E-state index < -0.39 is 78.5 Å². The minimum Gasteiger partial charge on any atom is -0.487 e. The minimum absolute atomic E-state index is 0.00955. The van der Waals surface area contributed by atoms with Gasteiger partial charge in [-0.2, -0.15) is 101 Å². The van der Waals surface area contributed by atoms with Crippen LogP contribution in [0, 0.1) is 0 Å². The van der Waals surface area contributed by atoms with Gasteiger partial charge in [-0.05, 0) is 42.7 Å². The summed E-state index contributed by atoms with van der Waals surface area (Å²) in [5.74, 6) is -49.1. The molecule has 0 saturated heterocycles. The van der Waals surface area contributed by atoms with E-state index in [4.69, 9.17) is 0 Å². The molecule has 1 heterocycles. The number of benzene rings is 1. The second kappa shape index (κ2) is 16.8. The van der Waals surface area contributed by atoms with E-state index in [1.807, 2.05) is 6.92 Å². The van der Waals surface area contributed by atoms with Gasteiger partial charge in [-0.3, -0.25) is 0 Å². The van der Waals surface area contributed by atoms with Crippen LogP contribution < -0.4 is 4.74 Å². The lowest BCUT2D eigenvalue weighted by atomic mass is 9.98. The van der Waals surface area contributed by atoms with Crippen molar-refractivity contribution in [1.82, 2.24) is 9.97 Å². The van der Waals surface area contributed by atoms with Gasteiger partial charge in [0.05, 0.1) is 0 Å². The molecule has 28 heteroatoms. The average molecular weight is 898 g/mol. The third kappa shape index (κ3) is 9.71. The van der Waals surface area contributed by atoms with Gasteiger partial charge in [-0.15, -0.1) is 0 Å². The summed E-state index contributed by atoms with van der Waals surface area (Å²) in [7, 11) is 0. The number of aryl methyl sites for hydroxylation is 1. The summed E-state index contributed by atoms with van der Waals surface area (Å²) in [6, 6.07) is 4.28. The van der Waals surface area contributed by atoms with Gasteiger partial charge in [0.1, 0.15) is 5.75 Å². The number of ether oxygens (including phenoxy) is 3. The lowest BCUT2D eigenvalue weighted by Gasteiger charge is -2.40. The highest BCUT2D eigenvalue weighted by Crippen LogP contribution is 2.60. The summed E-state index contributed by atoms with van der Waals surface area (Å²) in [6.07, 6.45) is -35.0. The van der Waals surface area contributed by atoms with Gasteiger partial charge in [0, 0.05) is 18.0 Å². The molecule has 2 rings (SSSR count). The number of unbranched alkanes of at least 4 members (excludes halogenated alkanes) is 5. The van der Waals surface area contributed by atoms with Gasteiger partial charge < -0.3 is 4.74 Å². The van der Waals surface area contributed by atoms with E-state index in [9.17, 15) is 101 Å². The lowest BCUT2D eigenvalue weighted by molar-refractivity contribution is -0.558. The first-order chi connectivity index (χ1) is 25.9. The fourth-order valence-corrected chi connectivity index (χ4v) is 4.40. The van der Waals surface area contributed by atoms with E-state index in [2.05, 4.69) is 14.7 Å². The normalized spacial score (nSPS) is 14.9. The number of hydrogen-bond donors (Lipinski definition) is 0. The monoisotopic (exact) mass is 898 g/mol. The van der Waals surface area contributed by atoms with E-state index in [-0.39, 0.29) is 29.8 Å². The maximum absolute atomic E-state index is 14.6. The van der Waals surface area contributed by atoms with Crippen molar-refractivity contribution in [3.8, 4) is 17.1 Å². The highest BCUT2D eigenvalue weighted by Gasteiger charge is 2.90. The second-order valence-electron chi connectivity index (χ2n) is 12.0. The van der Waals surface area contributed by atoms with E-state index in [0.717, 1.165) is 42.2 Å². The van der Waals surface area contributed by atoms with Crippen molar-refractivity contribution in [3.05, 3.63) is 42.2 Å². The van der Waals surface area contributed by atoms with Crippen molar-refractivity contribution >= 4 is 0 Å². The predicted octanol–water partition coefficient (Wildman–Crippen LogP) is 12.2. The molecule has 0 atom stereocenters. The van der Waals surface area contributed by atoms with Crippen LogP contribution in [0.3, 0.4) is 0 Å². The summed E-state index contributed by atoms with van der Waals surface area (Å²) in [5, 5.41) is 0. The summed E-state index contributed by atoms with van der Waals surface area (Å²) in [4.78, 5) is 7.79. The molecule has 0 unspecified atom stereocenters. The number of alkyl halides is 23. The van der Waals surface area contributed by atoms with E-state index in [1.165, 1.54) is 23.2 Å². The second-order valence-corrected chi connectivity index (χ2v) is 12.0. The van der Waals surface area contributed by atoms with Gasteiger partial charge in [0.25, 0.3) is 0 Å². The van der Waals surface area contributed by atoms with Crippen molar-refractivity contribution in [2.24, 2.45) is 0 Å². The van der Waals surface area contributed by atoms with Crippen LogP contribution in [0.25, 0.3) is 11.4 Å². The Balaban J connectivity index is 2.41. The Morgan fingerprint density at radius 2 is 0.948 bits per heavy atom. The van der Waals surface area contributed by atoms with Crippen LogP contribution in [0.1, 0.15) is 51.0 Å². The average Bonchev–Trinajstić information content (AvgIpc) is 3.07. The molecule has 0 fully saturated rings. The molecule has 5 nitrogen and oxygen atoms in total. The molecule has 0 saturated carbocycles. The zero-order valence-electron chi connectivity index (χ0n) is 28.4. The Morgan fingerprint density at radius 1 is 0.500 bits per heavy atom. The molecular weight excluding hydrogens is 873 g/mol. The van der Waals surface area contributed by atoms with Gasteiger partial charge in [0.15, 0.2) is 12.4 Å². The van der Waals surface area contributed by atoms with Crippen molar-refractivity contribution < 1.29 is 115 Å². The third-order valence-electron chi connectivity index (χ3n) is 7.67. The van der Waals surface area contributed by atoms with Crippen LogP contribution in [-0.4, -0.2) is 82.7 Å². The van der Waals surface area contributed by atoms with Gasteiger partial charge >= 0.3 is 66.1 Å². The zero-order chi connectivity index (χ0) is 45.2. The summed E-state index contributed by atoms with van der Waals surface area (Å²) < 4.78 is 320. The van der Waals surface area contributed by atoms with E-state index in [1.54, 1.807) is 0 Å². The molecule has 1 aromatic carbocycles. The number of aromatic nitrogens is 2. The molecule has 0 aliphatic rings. The first-order valence-corrected chi connectivity index (χ1v) is 15.7. The highest BCUT2D eigenvalue weighted by atomic mass is 19.4. The Bertz CT molecular complexity index is 1650. The molecule has 0 aliphatic heterocycles. The molecule has 58 heavy (non-hydrogen) atoms. The van der Waals surface area contributed by atoms with Gasteiger partial charge in [-0.1, -0.05) is 39.0 Å². The molecule has 2 aromatic rings. The quantitative estimate of drug-likeness (QED) is 0.0870. The Hall–Kier alpha value is -3.59. The van der Waals surface area contributed by atoms with Crippen molar-refractivity contribution in [2.45, 2.75) is 118 Å². The van der Waals surface area contributed by atoms with Crippen molar-refractivity contribution in [3.63, 3.8) is 0 Å². The Kier molecular flexibility index (Phi) is 14.7. The largest absolute Gasteiger partial charge is 0.487 e. The Labute approximate surface area is 309 Å². The maximum Gasteiger partial charge on any atom is 0.460 e. The van der Waals surface area contributed by atoms with Gasteiger partial charge in [-0.25, -0.2) is 19.4 Å². The predicted molar refractivity (Wildman–Crippen MR) is 148 cm³/mol. The number of nitrogens with zero attached hydrogens (tertiary/aromatic N) is 2. The first kappa shape index (κ1) is 50.6. The number of halogens is 23. The Morgan fingerprint density at radius 3 is 1.41 bits per heavy atom. The zero-order valence-corrected chi connectivity index (χ0v) is 28.4. The fourth-order valence-electron chi connectivity index (χ4n) is 4.40. The van der Waals surface area contributed by atoms with Crippen LogP contribution in [-0.2, 0) is 15.9 Å². The molecule has 0 amide bonds. The fraction of sp³-hybridized carbons (Fsp3) is 0.667. The summed E-state index contributed by atoms with van der Waals surface area (Å²) in [6.45, 7) is -1.23. The highest BCUT2D eigenvalue weighted by molar-refractivity contribution is 5.58. The molecule has 334 valence electrons. The topological polar surface area (TPSA) is 53.5 Å². The maximum atomic E-state index is 14.6. The van der Waals surface area contributed by atoms with Crippen LogP contribution in [0.4, 0.5) is 101 Å². The smallest absolute Gasteiger partial charge is 0.460 e. The first-order valence-electron chi connectivity index (χ1n) is 15.7. The molecular formula is C30H25F23N2O3. The molecule has 1 aromatic heterocycles. The van der Waals surface area contributed by atoms with Crippen LogP contribution in [0.5, 0.6) is 5.75 Å². The minimum atomic E-state index is -8.59. The molecule has 0 radical (unpaired) electrons. The van der Waals surface area contributed by atoms with Gasteiger partial charge in [0.2, 0.25) is 0 Å².